The van der Waals surface area contributed by atoms with E-state index in [1.807, 2.05) is 29.6 Å². The lowest BCUT2D eigenvalue weighted by molar-refractivity contribution is 0.315. The summed E-state index contributed by atoms with van der Waals surface area (Å²) in [4.78, 5) is 1.12. The molecule has 102 valence electrons. The van der Waals surface area contributed by atoms with Gasteiger partial charge in [-0.25, -0.2) is 0 Å². The molecule has 0 aliphatic rings. The normalized spacial score (nSPS) is 12.4. The Hall–Kier alpha value is -0.0300. The molecular formula is C14H13Br2ClOS. The van der Waals surface area contributed by atoms with Gasteiger partial charge in [0.05, 0.1) is 16.5 Å². The lowest BCUT2D eigenvalue weighted by atomic mass is 10.1. The first-order valence-corrected chi connectivity index (χ1v) is 8.83. The van der Waals surface area contributed by atoms with Crippen LogP contribution in [0.15, 0.2) is 38.6 Å². The summed E-state index contributed by atoms with van der Waals surface area (Å²) in [5, 5.41) is 1.88. The average molecular weight is 425 g/mol. The molecule has 0 saturated heterocycles. The van der Waals surface area contributed by atoms with Gasteiger partial charge in [-0.1, -0.05) is 13.0 Å². The maximum absolute atomic E-state index is 6.53. The van der Waals surface area contributed by atoms with Gasteiger partial charge in [-0.15, -0.1) is 22.9 Å². The van der Waals surface area contributed by atoms with Gasteiger partial charge in [0.25, 0.3) is 0 Å². The molecule has 1 aromatic carbocycles. The molecule has 0 spiro atoms. The van der Waals surface area contributed by atoms with Crippen LogP contribution in [0.1, 0.15) is 29.2 Å². The maximum atomic E-state index is 6.53. The van der Waals surface area contributed by atoms with E-state index in [2.05, 4.69) is 38.8 Å². The van der Waals surface area contributed by atoms with Gasteiger partial charge in [-0.3, -0.25) is 0 Å². The topological polar surface area (TPSA) is 9.23 Å². The largest absolute Gasteiger partial charge is 0.492 e. The number of benzene rings is 1. The van der Waals surface area contributed by atoms with Crippen molar-refractivity contribution in [1.29, 1.82) is 0 Å². The van der Waals surface area contributed by atoms with Gasteiger partial charge in [0.15, 0.2) is 0 Å². The SMILES string of the molecule is CCCOc1ccc(C(Cl)c2sccc2Br)cc1Br. The van der Waals surface area contributed by atoms with E-state index in [4.69, 9.17) is 16.3 Å². The molecule has 19 heavy (non-hydrogen) atoms. The van der Waals surface area contributed by atoms with E-state index in [1.165, 1.54) is 0 Å². The zero-order valence-electron chi connectivity index (χ0n) is 10.3. The molecule has 0 aliphatic carbocycles. The molecule has 0 fully saturated rings. The van der Waals surface area contributed by atoms with Gasteiger partial charge in [0, 0.05) is 9.35 Å². The number of ether oxygens (including phenoxy) is 1. The van der Waals surface area contributed by atoms with Crippen LogP contribution in [0.2, 0.25) is 0 Å². The zero-order chi connectivity index (χ0) is 13.8. The molecule has 0 bridgehead atoms. The minimum atomic E-state index is -0.147. The fourth-order valence-electron chi connectivity index (χ4n) is 1.64. The van der Waals surface area contributed by atoms with Crippen molar-refractivity contribution >= 4 is 54.8 Å². The number of hydrogen-bond acceptors (Lipinski definition) is 2. The molecule has 0 saturated carbocycles. The van der Waals surface area contributed by atoms with Crippen molar-refractivity contribution in [2.24, 2.45) is 0 Å². The zero-order valence-corrected chi connectivity index (χ0v) is 15.1. The molecule has 1 unspecified atom stereocenters. The summed E-state index contributed by atoms with van der Waals surface area (Å²) in [6.45, 7) is 2.81. The van der Waals surface area contributed by atoms with Crippen LogP contribution in [0.4, 0.5) is 0 Å². The van der Waals surface area contributed by atoms with Crippen LogP contribution in [-0.4, -0.2) is 6.61 Å². The fraction of sp³-hybridized carbons (Fsp3) is 0.286. The second-order valence-electron chi connectivity index (χ2n) is 4.03. The predicted octanol–water partition coefficient (Wildman–Crippen LogP) is 6.39. The van der Waals surface area contributed by atoms with Crippen LogP contribution in [0.25, 0.3) is 0 Å². The third-order valence-electron chi connectivity index (χ3n) is 2.59. The highest BCUT2D eigenvalue weighted by Crippen LogP contribution is 2.39. The molecule has 0 amide bonds. The lowest BCUT2D eigenvalue weighted by Gasteiger charge is -2.12. The van der Waals surface area contributed by atoms with Crippen LogP contribution < -0.4 is 4.74 Å². The van der Waals surface area contributed by atoms with E-state index in [1.54, 1.807) is 11.3 Å². The maximum Gasteiger partial charge on any atom is 0.133 e. The highest BCUT2D eigenvalue weighted by molar-refractivity contribution is 9.10. The Bertz CT molecular complexity index is 556. The first-order chi connectivity index (χ1) is 9.13. The van der Waals surface area contributed by atoms with E-state index >= 15 is 0 Å². The quantitative estimate of drug-likeness (QED) is 0.505. The van der Waals surface area contributed by atoms with Gasteiger partial charge in [-0.05, 0) is 67.4 Å². The molecule has 5 heteroatoms. The summed E-state index contributed by atoms with van der Waals surface area (Å²) in [6, 6.07) is 8.02. The lowest BCUT2D eigenvalue weighted by Crippen LogP contribution is -1.97. The van der Waals surface area contributed by atoms with Crippen molar-refractivity contribution in [3.05, 3.63) is 49.0 Å². The Morgan fingerprint density at radius 2 is 2.05 bits per heavy atom. The molecule has 0 aliphatic heterocycles. The van der Waals surface area contributed by atoms with Crippen LogP contribution in [0, 0.1) is 0 Å². The second kappa shape index (κ2) is 7.11. The molecular weight excluding hydrogens is 411 g/mol. The Morgan fingerprint density at radius 3 is 2.63 bits per heavy atom. The van der Waals surface area contributed by atoms with Gasteiger partial charge >= 0.3 is 0 Å². The minimum Gasteiger partial charge on any atom is -0.492 e. The molecule has 0 radical (unpaired) electrons. The summed E-state index contributed by atoms with van der Waals surface area (Å²) in [7, 11) is 0. The minimum absolute atomic E-state index is 0.147. The standard InChI is InChI=1S/C14H13Br2ClOS/c1-2-6-18-12-4-3-9(8-11(12)16)13(17)14-10(15)5-7-19-14/h3-5,7-8,13H,2,6H2,1H3. The van der Waals surface area contributed by atoms with Crippen molar-refractivity contribution in [2.45, 2.75) is 18.7 Å². The fourth-order valence-corrected chi connectivity index (χ4v) is 4.30. The van der Waals surface area contributed by atoms with E-state index in [9.17, 15) is 0 Å². The van der Waals surface area contributed by atoms with Crippen molar-refractivity contribution < 1.29 is 4.74 Å². The van der Waals surface area contributed by atoms with Gasteiger partial charge in [0.1, 0.15) is 5.75 Å². The Kier molecular flexibility index (Phi) is 5.75. The van der Waals surface area contributed by atoms with Crippen molar-refractivity contribution in [1.82, 2.24) is 0 Å². The van der Waals surface area contributed by atoms with Crippen LogP contribution in [0.3, 0.4) is 0 Å². The molecule has 1 nitrogen and oxygen atoms in total. The third kappa shape index (κ3) is 3.75. The summed E-state index contributed by atoms with van der Waals surface area (Å²) < 4.78 is 7.64. The summed E-state index contributed by atoms with van der Waals surface area (Å²) >= 11 is 15.2. The van der Waals surface area contributed by atoms with E-state index in [0.29, 0.717) is 0 Å². The van der Waals surface area contributed by atoms with Crippen molar-refractivity contribution in [2.75, 3.05) is 6.61 Å². The van der Waals surface area contributed by atoms with Crippen LogP contribution in [0.5, 0.6) is 5.75 Å². The van der Waals surface area contributed by atoms with Crippen molar-refractivity contribution in [3.63, 3.8) is 0 Å². The molecule has 0 N–H and O–H groups in total. The summed E-state index contributed by atoms with van der Waals surface area (Å²) in [6.07, 6.45) is 0.995. The van der Waals surface area contributed by atoms with Gasteiger partial charge < -0.3 is 4.74 Å². The molecule has 2 rings (SSSR count). The molecule has 1 atom stereocenters. The van der Waals surface area contributed by atoms with Crippen LogP contribution in [-0.2, 0) is 0 Å². The Labute approximate surface area is 139 Å². The van der Waals surface area contributed by atoms with E-state index in [0.717, 1.165) is 38.2 Å². The molecule has 2 aromatic rings. The highest BCUT2D eigenvalue weighted by atomic mass is 79.9. The van der Waals surface area contributed by atoms with E-state index < -0.39 is 0 Å². The summed E-state index contributed by atoms with van der Waals surface area (Å²) in [5.74, 6) is 0.861. The van der Waals surface area contributed by atoms with Crippen LogP contribution >= 0.6 is 54.8 Å². The summed E-state index contributed by atoms with van der Waals surface area (Å²) in [5.41, 5.74) is 1.06. The first kappa shape index (κ1) is 15.4. The number of rotatable bonds is 5. The predicted molar refractivity (Wildman–Crippen MR) is 89.6 cm³/mol. The number of alkyl halides is 1. The van der Waals surface area contributed by atoms with E-state index in [-0.39, 0.29) is 5.38 Å². The number of halogens is 3. The van der Waals surface area contributed by atoms with Crippen molar-refractivity contribution in [3.8, 4) is 5.75 Å². The molecule has 1 aromatic heterocycles. The molecule has 1 heterocycles. The monoisotopic (exact) mass is 422 g/mol. The Morgan fingerprint density at radius 1 is 1.26 bits per heavy atom. The third-order valence-corrected chi connectivity index (χ3v) is 5.74. The number of thiophene rings is 1. The Balaban J connectivity index is 2.22. The number of hydrogen-bond donors (Lipinski definition) is 0. The second-order valence-corrected chi connectivity index (χ2v) is 7.13. The smallest absolute Gasteiger partial charge is 0.133 e. The average Bonchev–Trinajstić information content (AvgIpc) is 2.82. The van der Waals surface area contributed by atoms with Gasteiger partial charge in [-0.2, -0.15) is 0 Å². The first-order valence-electron chi connectivity index (χ1n) is 5.92. The highest BCUT2D eigenvalue weighted by Gasteiger charge is 2.16. The van der Waals surface area contributed by atoms with Gasteiger partial charge in [0.2, 0.25) is 0 Å².